The average Bonchev–Trinajstić information content (AvgIpc) is 2.50. The molecule has 1 heterocycles. The summed E-state index contributed by atoms with van der Waals surface area (Å²) in [6.07, 6.45) is 1.80. The molecule has 3 aromatic rings. The highest BCUT2D eigenvalue weighted by Crippen LogP contribution is 2.27. The molecule has 0 fully saturated rings. The first kappa shape index (κ1) is 13.1. The Morgan fingerprint density at radius 2 is 1.75 bits per heavy atom. The van der Waals surface area contributed by atoms with E-state index >= 15 is 0 Å². The summed E-state index contributed by atoms with van der Waals surface area (Å²) in [7, 11) is 0. The molecule has 0 spiro atoms. The van der Waals surface area contributed by atoms with E-state index in [1.165, 1.54) is 0 Å². The fourth-order valence-corrected chi connectivity index (χ4v) is 2.49. The van der Waals surface area contributed by atoms with Gasteiger partial charge in [-0.3, -0.25) is 10.8 Å². The van der Waals surface area contributed by atoms with Crippen LogP contribution in [0.5, 0.6) is 0 Å². The van der Waals surface area contributed by atoms with Crippen LogP contribution >= 0.6 is 11.6 Å². The number of hydrogen-bond donors (Lipinski definition) is 2. The largest absolute Gasteiger partial charge is 0.271 e. The normalized spacial score (nSPS) is 12.5. The second kappa shape index (κ2) is 5.59. The van der Waals surface area contributed by atoms with Gasteiger partial charge in [-0.2, -0.15) is 0 Å². The number of nitrogens with two attached hydrogens (primary N) is 1. The highest BCUT2D eigenvalue weighted by molar-refractivity contribution is 6.30. The summed E-state index contributed by atoms with van der Waals surface area (Å²) in [4.78, 5) is 4.50. The molecule has 3 nitrogen and oxygen atoms in total. The first-order valence-corrected chi connectivity index (χ1v) is 6.72. The predicted molar refractivity (Wildman–Crippen MR) is 82.4 cm³/mol. The Labute approximate surface area is 122 Å². The number of nitrogens with one attached hydrogen (secondary N) is 1. The van der Waals surface area contributed by atoms with E-state index in [-0.39, 0.29) is 6.04 Å². The van der Waals surface area contributed by atoms with Crippen molar-refractivity contribution in [3.05, 3.63) is 77.1 Å². The molecule has 0 amide bonds. The van der Waals surface area contributed by atoms with Gasteiger partial charge in [0.05, 0.1) is 11.7 Å². The third-order valence-electron chi connectivity index (χ3n) is 3.35. The number of halogens is 1. The second-order valence-electron chi connectivity index (χ2n) is 4.57. The van der Waals surface area contributed by atoms with Crippen molar-refractivity contribution in [2.75, 3.05) is 0 Å². The molecule has 100 valence electrons. The lowest BCUT2D eigenvalue weighted by atomic mass is 9.99. The Morgan fingerprint density at radius 3 is 2.50 bits per heavy atom. The number of nitrogens with zero attached hydrogens (tertiary/aromatic N) is 1. The average molecular weight is 284 g/mol. The summed E-state index contributed by atoms with van der Waals surface area (Å²) in [5.74, 6) is 5.74. The van der Waals surface area contributed by atoms with Crippen molar-refractivity contribution in [1.29, 1.82) is 0 Å². The molecule has 1 unspecified atom stereocenters. The lowest BCUT2D eigenvalue weighted by Gasteiger charge is -2.17. The van der Waals surface area contributed by atoms with Gasteiger partial charge >= 0.3 is 0 Å². The molecule has 0 aliphatic rings. The van der Waals surface area contributed by atoms with Crippen molar-refractivity contribution in [3.63, 3.8) is 0 Å². The van der Waals surface area contributed by atoms with Crippen LogP contribution in [0.25, 0.3) is 10.8 Å². The molecule has 0 aliphatic carbocycles. The van der Waals surface area contributed by atoms with Crippen LogP contribution in [0.3, 0.4) is 0 Å². The van der Waals surface area contributed by atoms with Crippen LogP contribution in [-0.2, 0) is 0 Å². The van der Waals surface area contributed by atoms with Gasteiger partial charge in [-0.25, -0.2) is 5.43 Å². The van der Waals surface area contributed by atoms with Gasteiger partial charge in [0.2, 0.25) is 0 Å². The fraction of sp³-hybridized carbons (Fsp3) is 0.0625. The number of rotatable bonds is 3. The third-order valence-corrected chi connectivity index (χ3v) is 3.60. The maximum absolute atomic E-state index is 5.93. The minimum Gasteiger partial charge on any atom is -0.271 e. The Morgan fingerprint density at radius 1 is 1.00 bits per heavy atom. The first-order chi connectivity index (χ1) is 9.79. The monoisotopic (exact) mass is 283 g/mol. The maximum atomic E-state index is 5.93. The van der Waals surface area contributed by atoms with Crippen LogP contribution in [-0.4, -0.2) is 4.98 Å². The Bertz CT molecular complexity index is 720. The molecule has 0 aliphatic heterocycles. The van der Waals surface area contributed by atoms with E-state index in [0.29, 0.717) is 5.02 Å². The van der Waals surface area contributed by atoms with Gasteiger partial charge < -0.3 is 0 Å². The molecule has 0 saturated carbocycles. The topological polar surface area (TPSA) is 50.9 Å². The lowest BCUT2D eigenvalue weighted by molar-refractivity contribution is 0.626. The zero-order valence-corrected chi connectivity index (χ0v) is 11.5. The summed E-state index contributed by atoms with van der Waals surface area (Å²) in [6, 6.07) is 17.6. The minimum absolute atomic E-state index is 0.168. The quantitative estimate of drug-likeness (QED) is 0.572. The van der Waals surface area contributed by atoms with Crippen molar-refractivity contribution in [2.45, 2.75) is 6.04 Å². The summed E-state index contributed by atoms with van der Waals surface area (Å²) < 4.78 is 0. The van der Waals surface area contributed by atoms with Crippen molar-refractivity contribution < 1.29 is 0 Å². The van der Waals surface area contributed by atoms with E-state index in [4.69, 9.17) is 17.4 Å². The fourth-order valence-electron chi connectivity index (χ4n) is 2.36. The Kier molecular flexibility index (Phi) is 3.65. The highest BCUT2D eigenvalue weighted by Gasteiger charge is 2.16. The van der Waals surface area contributed by atoms with Crippen LogP contribution in [0.1, 0.15) is 17.3 Å². The number of fused-ring (bicyclic) bond motifs is 1. The lowest BCUT2D eigenvalue weighted by Crippen LogP contribution is -2.29. The second-order valence-corrected chi connectivity index (χ2v) is 5.00. The molecule has 3 N–H and O–H groups in total. The molecule has 2 aromatic carbocycles. The zero-order chi connectivity index (χ0) is 13.9. The van der Waals surface area contributed by atoms with Crippen molar-refractivity contribution in [3.8, 4) is 0 Å². The number of aromatic nitrogens is 1. The van der Waals surface area contributed by atoms with Crippen molar-refractivity contribution >= 4 is 22.4 Å². The molecule has 0 bridgehead atoms. The smallest absolute Gasteiger partial charge is 0.0887 e. The van der Waals surface area contributed by atoms with Crippen molar-refractivity contribution in [1.82, 2.24) is 10.4 Å². The summed E-state index contributed by atoms with van der Waals surface area (Å²) in [6.45, 7) is 0. The highest BCUT2D eigenvalue weighted by atomic mass is 35.5. The predicted octanol–water partition coefficient (Wildman–Crippen LogP) is 3.44. The molecule has 0 radical (unpaired) electrons. The number of benzene rings is 2. The minimum atomic E-state index is -0.168. The molecular formula is C16H14ClN3. The van der Waals surface area contributed by atoms with E-state index in [2.05, 4.69) is 22.5 Å². The summed E-state index contributed by atoms with van der Waals surface area (Å²) in [5.41, 5.74) is 4.78. The Hall–Kier alpha value is -1.94. The maximum Gasteiger partial charge on any atom is 0.0887 e. The molecule has 3 rings (SSSR count). The zero-order valence-electron chi connectivity index (χ0n) is 10.8. The van der Waals surface area contributed by atoms with Gasteiger partial charge in [0.15, 0.2) is 0 Å². The molecule has 1 atom stereocenters. The standard InChI is InChI=1S/C16H14ClN3/c17-13-7-5-12(6-8-13)15(20-18)16-14-4-2-1-3-11(14)9-10-19-16/h1-10,15,20H,18H2. The molecular weight excluding hydrogens is 270 g/mol. The van der Waals surface area contributed by atoms with E-state index in [1.807, 2.05) is 42.5 Å². The van der Waals surface area contributed by atoms with Gasteiger partial charge in [0.25, 0.3) is 0 Å². The first-order valence-electron chi connectivity index (χ1n) is 6.35. The number of hydrogen-bond acceptors (Lipinski definition) is 3. The summed E-state index contributed by atoms with van der Waals surface area (Å²) >= 11 is 5.93. The molecule has 1 aromatic heterocycles. The van der Waals surface area contributed by atoms with Gasteiger partial charge in [-0.1, -0.05) is 48.0 Å². The van der Waals surface area contributed by atoms with E-state index < -0.39 is 0 Å². The van der Waals surface area contributed by atoms with Crippen LogP contribution in [0.15, 0.2) is 60.8 Å². The van der Waals surface area contributed by atoms with Crippen molar-refractivity contribution in [2.24, 2.45) is 5.84 Å². The van der Waals surface area contributed by atoms with Gasteiger partial charge in [0.1, 0.15) is 0 Å². The third kappa shape index (κ3) is 2.39. The Balaban J connectivity index is 2.14. The van der Waals surface area contributed by atoms with Crippen LogP contribution in [0.4, 0.5) is 0 Å². The van der Waals surface area contributed by atoms with Crippen LogP contribution < -0.4 is 11.3 Å². The summed E-state index contributed by atoms with van der Waals surface area (Å²) in [5, 5.41) is 2.94. The van der Waals surface area contributed by atoms with Gasteiger partial charge in [-0.15, -0.1) is 0 Å². The van der Waals surface area contributed by atoms with Gasteiger partial charge in [0, 0.05) is 16.6 Å². The van der Waals surface area contributed by atoms with Crippen LogP contribution in [0, 0.1) is 0 Å². The molecule has 4 heteroatoms. The molecule has 0 saturated heterocycles. The SMILES string of the molecule is NNC(c1ccc(Cl)cc1)c1nccc2ccccc12. The van der Waals surface area contributed by atoms with Gasteiger partial charge in [-0.05, 0) is 29.1 Å². The van der Waals surface area contributed by atoms with E-state index in [1.54, 1.807) is 6.20 Å². The van der Waals surface area contributed by atoms with E-state index in [0.717, 1.165) is 22.0 Å². The van der Waals surface area contributed by atoms with E-state index in [9.17, 15) is 0 Å². The number of hydrazine groups is 1. The number of pyridine rings is 1. The van der Waals surface area contributed by atoms with Crippen LogP contribution in [0.2, 0.25) is 5.02 Å². The molecule has 20 heavy (non-hydrogen) atoms.